The zero-order valence-electron chi connectivity index (χ0n) is 10.4. The van der Waals surface area contributed by atoms with Crippen LogP contribution in [0.4, 0.5) is 8.78 Å². The van der Waals surface area contributed by atoms with E-state index >= 15 is 0 Å². The van der Waals surface area contributed by atoms with Crippen molar-refractivity contribution < 1.29 is 13.9 Å². The predicted octanol–water partition coefficient (Wildman–Crippen LogP) is 2.76. The second kappa shape index (κ2) is 5.10. The van der Waals surface area contributed by atoms with E-state index in [1.54, 1.807) is 0 Å². The number of hydrogen-bond acceptors (Lipinski definition) is 2. The van der Waals surface area contributed by atoms with Gasteiger partial charge in [-0.25, -0.2) is 8.78 Å². The maximum absolute atomic E-state index is 13.4. The molecular weight excluding hydrogens is 224 g/mol. The van der Waals surface area contributed by atoms with Crippen molar-refractivity contribution in [1.29, 1.82) is 0 Å². The summed E-state index contributed by atoms with van der Waals surface area (Å²) in [5.74, 6) is -1.18. The van der Waals surface area contributed by atoms with Gasteiger partial charge < -0.3 is 10.8 Å². The summed E-state index contributed by atoms with van der Waals surface area (Å²) in [7, 11) is 0. The van der Waals surface area contributed by atoms with Crippen LogP contribution in [-0.2, 0) is 0 Å². The zero-order chi connectivity index (χ0) is 13.2. The van der Waals surface area contributed by atoms with Crippen LogP contribution in [-0.4, -0.2) is 11.1 Å². The summed E-state index contributed by atoms with van der Waals surface area (Å²) in [5.41, 5.74) is 5.67. The molecule has 1 aromatic carbocycles. The van der Waals surface area contributed by atoms with Crippen LogP contribution in [0.5, 0.6) is 0 Å². The number of hydrogen-bond donors (Lipinski definition) is 2. The van der Waals surface area contributed by atoms with Crippen molar-refractivity contribution in [1.82, 2.24) is 0 Å². The molecule has 0 aliphatic heterocycles. The summed E-state index contributed by atoms with van der Waals surface area (Å²) in [6, 6.07) is 2.75. The lowest BCUT2D eigenvalue weighted by atomic mass is 9.83. The van der Waals surface area contributed by atoms with Crippen LogP contribution in [0.15, 0.2) is 18.2 Å². The van der Waals surface area contributed by atoms with Crippen LogP contribution < -0.4 is 5.73 Å². The molecule has 4 heteroatoms. The summed E-state index contributed by atoms with van der Waals surface area (Å²) >= 11 is 0. The molecule has 0 aliphatic carbocycles. The Bertz CT molecular complexity index is 387. The first-order valence-corrected chi connectivity index (χ1v) is 5.60. The van der Waals surface area contributed by atoms with Crippen molar-refractivity contribution in [3.8, 4) is 0 Å². The summed E-state index contributed by atoms with van der Waals surface area (Å²) in [4.78, 5) is 0. The lowest BCUT2D eigenvalue weighted by Gasteiger charge is -2.29. The number of aliphatic hydroxyl groups is 1. The van der Waals surface area contributed by atoms with E-state index in [1.165, 1.54) is 0 Å². The molecule has 17 heavy (non-hydrogen) atoms. The Balaban J connectivity index is 2.83. The highest BCUT2D eigenvalue weighted by atomic mass is 19.1. The zero-order valence-corrected chi connectivity index (χ0v) is 10.4. The van der Waals surface area contributed by atoms with E-state index in [9.17, 15) is 13.9 Å². The van der Waals surface area contributed by atoms with E-state index in [-0.39, 0.29) is 23.4 Å². The van der Waals surface area contributed by atoms with E-state index in [4.69, 9.17) is 5.73 Å². The van der Waals surface area contributed by atoms with Crippen LogP contribution in [0.1, 0.15) is 38.9 Å². The summed E-state index contributed by atoms with van der Waals surface area (Å²) < 4.78 is 26.4. The molecule has 0 saturated heterocycles. The molecule has 96 valence electrons. The SMILES string of the molecule is CC(C)(C)[C@H](N)C[C@@H](O)c1cc(F)ccc1F. The van der Waals surface area contributed by atoms with Crippen molar-refractivity contribution in [3.63, 3.8) is 0 Å². The maximum atomic E-state index is 13.4. The molecule has 2 nitrogen and oxygen atoms in total. The first-order valence-electron chi connectivity index (χ1n) is 5.60. The molecular formula is C13H19F2NO. The molecule has 0 radical (unpaired) electrons. The Kier molecular flexibility index (Phi) is 4.22. The second-order valence-corrected chi connectivity index (χ2v) is 5.39. The average molecular weight is 243 g/mol. The quantitative estimate of drug-likeness (QED) is 0.857. The molecule has 3 N–H and O–H groups in total. The molecule has 0 fully saturated rings. The fraction of sp³-hybridized carbons (Fsp3) is 0.538. The fourth-order valence-corrected chi connectivity index (χ4v) is 1.49. The first-order chi connectivity index (χ1) is 7.71. The minimum absolute atomic E-state index is 0.0373. The molecule has 0 unspecified atom stereocenters. The van der Waals surface area contributed by atoms with Gasteiger partial charge in [0.15, 0.2) is 0 Å². The first kappa shape index (κ1) is 14.1. The number of benzene rings is 1. The van der Waals surface area contributed by atoms with Crippen LogP contribution >= 0.6 is 0 Å². The topological polar surface area (TPSA) is 46.2 Å². The van der Waals surface area contributed by atoms with Crippen LogP contribution in [0, 0.1) is 17.0 Å². The third-order valence-corrected chi connectivity index (χ3v) is 2.91. The summed E-state index contributed by atoms with van der Waals surface area (Å²) in [6.07, 6.45) is -0.885. The van der Waals surface area contributed by atoms with Gasteiger partial charge >= 0.3 is 0 Å². The van der Waals surface area contributed by atoms with E-state index < -0.39 is 17.7 Å². The standard InChI is InChI=1S/C13H19F2NO/c1-13(2,3)12(16)7-11(17)9-6-8(14)4-5-10(9)15/h4-6,11-12,17H,7,16H2,1-3H3/t11-,12-/m1/s1. The Labute approximate surface area is 100 Å². The van der Waals surface area contributed by atoms with Gasteiger partial charge in [0.2, 0.25) is 0 Å². The van der Waals surface area contributed by atoms with Gasteiger partial charge in [-0.2, -0.15) is 0 Å². The minimum Gasteiger partial charge on any atom is -0.388 e. The Morgan fingerprint density at radius 3 is 2.41 bits per heavy atom. The average Bonchev–Trinajstić information content (AvgIpc) is 2.20. The third kappa shape index (κ3) is 3.75. The molecule has 0 aromatic heterocycles. The number of aliphatic hydroxyl groups excluding tert-OH is 1. The molecule has 1 rings (SSSR count). The summed E-state index contributed by atoms with van der Waals surface area (Å²) in [6.45, 7) is 5.81. The molecule has 0 spiro atoms. The molecule has 0 heterocycles. The van der Waals surface area contributed by atoms with Gasteiger partial charge in [0.05, 0.1) is 6.10 Å². The molecule has 2 atom stereocenters. The highest BCUT2D eigenvalue weighted by Gasteiger charge is 2.25. The van der Waals surface area contributed by atoms with Crippen LogP contribution in [0.25, 0.3) is 0 Å². The van der Waals surface area contributed by atoms with Crippen molar-refractivity contribution in [2.75, 3.05) is 0 Å². The van der Waals surface area contributed by atoms with E-state index in [0.29, 0.717) is 0 Å². The predicted molar refractivity (Wildman–Crippen MR) is 63.4 cm³/mol. The molecule has 0 aliphatic rings. The van der Waals surface area contributed by atoms with E-state index in [0.717, 1.165) is 18.2 Å². The molecule has 0 amide bonds. The van der Waals surface area contributed by atoms with Crippen molar-refractivity contribution in [2.45, 2.75) is 39.3 Å². The number of nitrogens with two attached hydrogens (primary N) is 1. The Hall–Kier alpha value is -1.00. The number of halogens is 2. The largest absolute Gasteiger partial charge is 0.388 e. The molecule has 1 aromatic rings. The minimum atomic E-state index is -1.08. The fourth-order valence-electron chi connectivity index (χ4n) is 1.49. The number of rotatable bonds is 3. The van der Waals surface area contributed by atoms with Gasteiger partial charge in [-0.1, -0.05) is 20.8 Å². The molecule has 0 bridgehead atoms. The van der Waals surface area contributed by atoms with Gasteiger partial charge in [0.1, 0.15) is 11.6 Å². The summed E-state index contributed by atoms with van der Waals surface area (Å²) in [5, 5.41) is 9.87. The van der Waals surface area contributed by atoms with Crippen molar-refractivity contribution >= 4 is 0 Å². The smallest absolute Gasteiger partial charge is 0.129 e. The van der Waals surface area contributed by atoms with Gasteiger partial charge in [-0.15, -0.1) is 0 Å². The second-order valence-electron chi connectivity index (χ2n) is 5.39. The molecule has 0 saturated carbocycles. The van der Waals surface area contributed by atoms with Gasteiger partial charge in [0, 0.05) is 11.6 Å². The van der Waals surface area contributed by atoms with Crippen LogP contribution in [0.3, 0.4) is 0 Å². The van der Waals surface area contributed by atoms with Crippen molar-refractivity contribution in [2.24, 2.45) is 11.1 Å². The normalized spacial score (nSPS) is 15.7. The van der Waals surface area contributed by atoms with Gasteiger partial charge in [-0.05, 0) is 30.0 Å². The monoisotopic (exact) mass is 243 g/mol. The highest BCUT2D eigenvalue weighted by molar-refractivity contribution is 5.21. The van der Waals surface area contributed by atoms with Crippen LogP contribution in [0.2, 0.25) is 0 Å². The third-order valence-electron chi connectivity index (χ3n) is 2.91. The maximum Gasteiger partial charge on any atom is 0.129 e. The van der Waals surface area contributed by atoms with E-state index in [2.05, 4.69) is 0 Å². The van der Waals surface area contributed by atoms with Gasteiger partial charge in [-0.3, -0.25) is 0 Å². The lowest BCUT2D eigenvalue weighted by molar-refractivity contribution is 0.129. The van der Waals surface area contributed by atoms with Gasteiger partial charge in [0.25, 0.3) is 0 Å². The highest BCUT2D eigenvalue weighted by Crippen LogP contribution is 2.28. The lowest BCUT2D eigenvalue weighted by Crippen LogP contribution is -2.36. The Morgan fingerprint density at radius 1 is 1.29 bits per heavy atom. The van der Waals surface area contributed by atoms with Crippen molar-refractivity contribution in [3.05, 3.63) is 35.4 Å². The van der Waals surface area contributed by atoms with E-state index in [1.807, 2.05) is 20.8 Å². The Morgan fingerprint density at radius 2 is 1.88 bits per heavy atom.